The Morgan fingerprint density at radius 3 is 2.11 bits per heavy atom. The van der Waals surface area contributed by atoms with E-state index < -0.39 is 28.0 Å². The Morgan fingerprint density at radius 2 is 1.57 bits per heavy atom. The van der Waals surface area contributed by atoms with Gasteiger partial charge in [0.1, 0.15) is 0 Å². The van der Waals surface area contributed by atoms with Crippen molar-refractivity contribution in [2.75, 3.05) is 28.2 Å². The number of rotatable bonds is 6. The van der Waals surface area contributed by atoms with Gasteiger partial charge in [0.15, 0.2) is 0 Å². The molecule has 0 unspecified atom stereocenters. The molecule has 0 aliphatic rings. The first-order valence-corrected chi connectivity index (χ1v) is 10.00. The molecule has 28 heavy (non-hydrogen) atoms. The van der Waals surface area contributed by atoms with Gasteiger partial charge in [-0.05, 0) is 24.6 Å². The van der Waals surface area contributed by atoms with E-state index in [1.54, 1.807) is 51.4 Å². The molecule has 0 spiro atoms. The quantitative estimate of drug-likeness (QED) is 0.690. The normalized spacial score (nSPS) is 12.5. The van der Waals surface area contributed by atoms with Crippen molar-refractivity contribution in [2.24, 2.45) is 0 Å². The Bertz CT molecular complexity index is 969. The second kappa shape index (κ2) is 8.53. The molecule has 0 bridgehead atoms. The second-order valence-electron chi connectivity index (χ2n) is 6.69. The predicted octanol–water partition coefficient (Wildman–Crippen LogP) is 2.23. The van der Waals surface area contributed by atoms with Crippen LogP contribution in [0.4, 0.5) is 0 Å². The summed E-state index contributed by atoms with van der Waals surface area (Å²) in [6, 6.07) is 12.9. The Morgan fingerprint density at radius 1 is 0.964 bits per heavy atom. The highest BCUT2D eigenvalue weighted by Gasteiger charge is 2.28. The van der Waals surface area contributed by atoms with Crippen LogP contribution in [0, 0.1) is 6.92 Å². The van der Waals surface area contributed by atoms with E-state index in [2.05, 4.69) is 0 Å². The van der Waals surface area contributed by atoms with Crippen molar-refractivity contribution < 1.29 is 22.7 Å². The number of benzene rings is 2. The maximum absolute atomic E-state index is 12.8. The number of carbonyl (C=O) groups excluding carboxylic acids is 2. The zero-order valence-corrected chi connectivity index (χ0v) is 17.4. The van der Waals surface area contributed by atoms with Crippen LogP contribution in [0.15, 0.2) is 53.4 Å². The molecular formula is C20H24N2O5S. The lowest BCUT2D eigenvalue weighted by molar-refractivity contribution is -0.138. The SMILES string of the molecule is Cc1ccc(S(=O)(=O)N(C)C)cc1C(=O)O[C@@H](C(=O)N(C)C)c1ccccc1. The van der Waals surface area contributed by atoms with E-state index in [4.69, 9.17) is 4.74 Å². The molecular weight excluding hydrogens is 380 g/mol. The number of likely N-dealkylation sites (N-methyl/N-ethyl adjacent to an activating group) is 1. The number of amides is 1. The van der Waals surface area contributed by atoms with Gasteiger partial charge in [-0.25, -0.2) is 17.5 Å². The van der Waals surface area contributed by atoms with E-state index in [0.717, 1.165) is 4.31 Å². The van der Waals surface area contributed by atoms with E-state index in [1.165, 1.54) is 37.2 Å². The monoisotopic (exact) mass is 404 g/mol. The summed E-state index contributed by atoms with van der Waals surface area (Å²) < 4.78 is 31.3. The van der Waals surface area contributed by atoms with Crippen LogP contribution in [0.2, 0.25) is 0 Å². The van der Waals surface area contributed by atoms with E-state index >= 15 is 0 Å². The summed E-state index contributed by atoms with van der Waals surface area (Å²) in [7, 11) is 2.25. The largest absolute Gasteiger partial charge is 0.444 e. The summed E-state index contributed by atoms with van der Waals surface area (Å²) in [5, 5.41) is 0. The Labute approximate surface area is 165 Å². The topological polar surface area (TPSA) is 84.0 Å². The number of carbonyl (C=O) groups is 2. The summed E-state index contributed by atoms with van der Waals surface area (Å²) in [4.78, 5) is 26.7. The lowest BCUT2D eigenvalue weighted by Crippen LogP contribution is -2.31. The summed E-state index contributed by atoms with van der Waals surface area (Å²) in [5.41, 5.74) is 1.17. The molecule has 0 N–H and O–H groups in total. The standard InChI is InChI=1S/C20H24N2O5S/c1-14-11-12-16(28(25,26)22(4)5)13-17(14)20(24)27-18(19(23)21(2)3)15-9-7-6-8-10-15/h6-13,18H,1-5H3/t18-/m1/s1. The molecule has 0 saturated carbocycles. The smallest absolute Gasteiger partial charge is 0.339 e. The van der Waals surface area contributed by atoms with Crippen molar-refractivity contribution in [1.29, 1.82) is 0 Å². The number of ether oxygens (including phenoxy) is 1. The van der Waals surface area contributed by atoms with Crippen LogP contribution in [-0.2, 0) is 19.6 Å². The lowest BCUT2D eigenvalue weighted by atomic mass is 10.1. The van der Waals surface area contributed by atoms with Gasteiger partial charge in [-0.2, -0.15) is 0 Å². The van der Waals surface area contributed by atoms with Crippen molar-refractivity contribution in [1.82, 2.24) is 9.21 Å². The number of hydrogen-bond donors (Lipinski definition) is 0. The van der Waals surface area contributed by atoms with Gasteiger partial charge in [0.25, 0.3) is 5.91 Å². The molecule has 2 aromatic rings. The van der Waals surface area contributed by atoms with Crippen LogP contribution in [0.5, 0.6) is 0 Å². The van der Waals surface area contributed by atoms with Gasteiger partial charge in [-0.1, -0.05) is 36.4 Å². The number of aryl methyl sites for hydroxylation is 1. The van der Waals surface area contributed by atoms with Gasteiger partial charge in [0.05, 0.1) is 10.5 Å². The first-order valence-electron chi connectivity index (χ1n) is 8.56. The van der Waals surface area contributed by atoms with Crippen molar-refractivity contribution in [3.8, 4) is 0 Å². The van der Waals surface area contributed by atoms with Crippen LogP contribution < -0.4 is 0 Å². The van der Waals surface area contributed by atoms with E-state index in [-0.39, 0.29) is 10.5 Å². The fourth-order valence-electron chi connectivity index (χ4n) is 2.49. The first kappa shape index (κ1) is 21.6. The van der Waals surface area contributed by atoms with Crippen LogP contribution in [-0.4, -0.2) is 57.7 Å². The highest BCUT2D eigenvalue weighted by atomic mass is 32.2. The highest BCUT2D eigenvalue weighted by Crippen LogP contribution is 2.24. The van der Waals surface area contributed by atoms with Gasteiger partial charge >= 0.3 is 5.97 Å². The molecule has 1 amide bonds. The second-order valence-corrected chi connectivity index (χ2v) is 8.84. The van der Waals surface area contributed by atoms with Crippen LogP contribution in [0.3, 0.4) is 0 Å². The van der Waals surface area contributed by atoms with Crippen LogP contribution in [0.1, 0.15) is 27.6 Å². The van der Waals surface area contributed by atoms with Crippen molar-refractivity contribution in [2.45, 2.75) is 17.9 Å². The molecule has 150 valence electrons. The molecule has 7 nitrogen and oxygen atoms in total. The summed E-state index contributed by atoms with van der Waals surface area (Å²) >= 11 is 0. The number of hydrogen-bond acceptors (Lipinski definition) is 5. The van der Waals surface area contributed by atoms with Crippen LogP contribution in [0.25, 0.3) is 0 Å². The maximum atomic E-state index is 12.8. The van der Waals surface area contributed by atoms with Gasteiger partial charge in [-0.15, -0.1) is 0 Å². The molecule has 0 heterocycles. The maximum Gasteiger partial charge on any atom is 0.339 e. The number of sulfonamides is 1. The van der Waals surface area contributed by atoms with Crippen molar-refractivity contribution in [3.63, 3.8) is 0 Å². The minimum atomic E-state index is -3.71. The average Bonchev–Trinajstić information content (AvgIpc) is 2.66. The van der Waals surface area contributed by atoms with Crippen molar-refractivity contribution in [3.05, 3.63) is 65.2 Å². The molecule has 1 atom stereocenters. The summed E-state index contributed by atoms with van der Waals surface area (Å²) in [6.45, 7) is 1.67. The first-order chi connectivity index (χ1) is 13.1. The fourth-order valence-corrected chi connectivity index (χ4v) is 3.41. The Kier molecular flexibility index (Phi) is 6.58. The third-order valence-electron chi connectivity index (χ3n) is 4.20. The van der Waals surface area contributed by atoms with Crippen LogP contribution >= 0.6 is 0 Å². The molecule has 0 radical (unpaired) electrons. The third-order valence-corrected chi connectivity index (χ3v) is 6.01. The molecule has 0 aliphatic carbocycles. The molecule has 0 fully saturated rings. The molecule has 0 aliphatic heterocycles. The van der Waals surface area contributed by atoms with E-state index in [9.17, 15) is 18.0 Å². The van der Waals surface area contributed by atoms with E-state index in [1.807, 2.05) is 0 Å². The zero-order valence-electron chi connectivity index (χ0n) is 16.5. The highest BCUT2D eigenvalue weighted by molar-refractivity contribution is 7.89. The molecule has 8 heteroatoms. The number of esters is 1. The van der Waals surface area contributed by atoms with Crippen molar-refractivity contribution >= 4 is 21.9 Å². The molecule has 2 rings (SSSR count). The lowest BCUT2D eigenvalue weighted by Gasteiger charge is -2.22. The molecule has 0 aromatic heterocycles. The Hall–Kier alpha value is -2.71. The van der Waals surface area contributed by atoms with Gasteiger partial charge in [0, 0.05) is 33.8 Å². The van der Waals surface area contributed by atoms with Gasteiger partial charge in [-0.3, -0.25) is 4.79 Å². The third kappa shape index (κ3) is 4.58. The minimum Gasteiger partial charge on any atom is -0.444 e. The summed E-state index contributed by atoms with van der Waals surface area (Å²) in [5.74, 6) is -1.16. The fraction of sp³-hybridized carbons (Fsp3) is 0.300. The zero-order chi connectivity index (χ0) is 21.1. The summed E-state index contributed by atoms with van der Waals surface area (Å²) in [6.07, 6.45) is -1.13. The van der Waals surface area contributed by atoms with Gasteiger partial charge < -0.3 is 9.64 Å². The molecule has 2 aromatic carbocycles. The number of nitrogens with zero attached hydrogens (tertiary/aromatic N) is 2. The van der Waals surface area contributed by atoms with E-state index in [0.29, 0.717) is 11.1 Å². The Balaban J connectivity index is 2.43. The van der Waals surface area contributed by atoms with Gasteiger partial charge in [0.2, 0.25) is 16.1 Å². The average molecular weight is 404 g/mol. The minimum absolute atomic E-state index is 0.0229. The molecule has 0 saturated heterocycles. The predicted molar refractivity (Wildman–Crippen MR) is 105 cm³/mol.